The molecule has 1 amide bonds. The lowest BCUT2D eigenvalue weighted by Crippen LogP contribution is -2.33. The van der Waals surface area contributed by atoms with Crippen LogP contribution in [0, 0.1) is 5.92 Å². The van der Waals surface area contributed by atoms with E-state index in [9.17, 15) is 18.0 Å². The van der Waals surface area contributed by atoms with Crippen molar-refractivity contribution in [3.05, 3.63) is 72.5 Å². The normalized spacial score (nSPS) is 16.4. The molecule has 33 heavy (non-hydrogen) atoms. The number of ketones is 1. The van der Waals surface area contributed by atoms with Crippen LogP contribution in [-0.2, 0) is 26.0 Å². The Balaban J connectivity index is 1.55. The Morgan fingerprint density at radius 3 is 2.55 bits per heavy atom. The molecule has 3 aromatic rings. The number of amides is 1. The average molecular weight is 466 g/mol. The van der Waals surface area contributed by atoms with Crippen molar-refractivity contribution in [3.63, 3.8) is 0 Å². The van der Waals surface area contributed by atoms with E-state index in [1.165, 1.54) is 26.2 Å². The van der Waals surface area contributed by atoms with Crippen molar-refractivity contribution in [1.29, 1.82) is 0 Å². The Kier molecular flexibility index (Phi) is 6.01. The van der Waals surface area contributed by atoms with E-state index >= 15 is 0 Å². The fourth-order valence-corrected chi connectivity index (χ4v) is 4.63. The van der Waals surface area contributed by atoms with Gasteiger partial charge in [-0.15, -0.1) is 0 Å². The number of nitrogens with zero attached hydrogens (tertiary/aromatic N) is 3. The first-order valence-corrected chi connectivity index (χ1v) is 11.7. The predicted octanol–water partition coefficient (Wildman–Crippen LogP) is 3.35. The highest BCUT2D eigenvalue weighted by Gasteiger charge is 2.39. The minimum atomic E-state index is -3.68. The number of benzene rings is 2. The third-order valence-electron chi connectivity index (χ3n) is 5.40. The molecule has 0 spiro atoms. The molecule has 0 saturated carbocycles. The number of furan rings is 1. The molecule has 1 atom stereocenters. The van der Waals surface area contributed by atoms with Gasteiger partial charge in [-0.1, -0.05) is 24.3 Å². The van der Waals surface area contributed by atoms with Crippen LogP contribution in [0.15, 0.2) is 81.3 Å². The van der Waals surface area contributed by atoms with Crippen molar-refractivity contribution < 1.29 is 22.4 Å². The van der Waals surface area contributed by atoms with E-state index in [4.69, 9.17) is 4.42 Å². The monoisotopic (exact) mass is 465 g/mol. The van der Waals surface area contributed by atoms with Gasteiger partial charge in [0.15, 0.2) is 5.78 Å². The second-order valence-electron chi connectivity index (χ2n) is 7.93. The molecule has 1 aliphatic heterocycles. The smallest absolute Gasteiger partial charge is 0.263 e. The second-order valence-corrected chi connectivity index (χ2v) is 10.1. The number of sulfonamides is 1. The number of hydrazone groups is 1. The molecular weight excluding hydrogens is 442 g/mol. The molecule has 9 heteroatoms. The van der Waals surface area contributed by atoms with Gasteiger partial charge in [0.2, 0.25) is 10.0 Å². The summed E-state index contributed by atoms with van der Waals surface area (Å²) in [5.74, 6) is -1.11. The lowest BCUT2D eigenvalue weighted by molar-refractivity contribution is -0.128. The first kappa shape index (κ1) is 22.6. The topological polar surface area (TPSA) is 100 Å². The summed E-state index contributed by atoms with van der Waals surface area (Å²) in [5, 5.41) is 5.37. The molecule has 0 radical (unpaired) electrons. The van der Waals surface area contributed by atoms with Crippen LogP contribution >= 0.6 is 0 Å². The van der Waals surface area contributed by atoms with E-state index in [0.29, 0.717) is 11.5 Å². The summed E-state index contributed by atoms with van der Waals surface area (Å²) in [7, 11) is -0.818. The largest absolute Gasteiger partial charge is 0.464 e. The van der Waals surface area contributed by atoms with E-state index in [1.807, 2.05) is 30.3 Å². The fourth-order valence-electron chi connectivity index (χ4n) is 3.69. The van der Waals surface area contributed by atoms with Crippen LogP contribution < -0.4 is 5.01 Å². The zero-order valence-corrected chi connectivity index (χ0v) is 19.2. The summed E-state index contributed by atoms with van der Waals surface area (Å²) in [6.45, 7) is 1.63. The third-order valence-corrected chi connectivity index (χ3v) is 7.22. The number of hydrogen-bond donors (Lipinski definition) is 0. The minimum Gasteiger partial charge on any atom is -0.464 e. The fraction of sp³-hybridized carbons (Fsp3) is 0.208. The van der Waals surface area contributed by atoms with Crippen molar-refractivity contribution in [1.82, 2.24) is 4.31 Å². The van der Waals surface area contributed by atoms with Crippen LogP contribution in [0.2, 0.25) is 0 Å². The molecule has 4 rings (SSSR count). The van der Waals surface area contributed by atoms with E-state index in [0.717, 1.165) is 20.4 Å². The molecular formula is C24H23N3O5S. The SMILES string of the molecule is CC1=NN(c2cccc(S(=O)(=O)N(C)C)c2)C(=O)C1C(=O)Cc1cccc(-c2ccco2)c1. The summed E-state index contributed by atoms with van der Waals surface area (Å²) in [6, 6.07) is 17.0. The predicted molar refractivity (Wildman–Crippen MR) is 124 cm³/mol. The van der Waals surface area contributed by atoms with Crippen molar-refractivity contribution in [2.24, 2.45) is 11.0 Å². The van der Waals surface area contributed by atoms with Crippen LogP contribution in [0.5, 0.6) is 0 Å². The maximum atomic E-state index is 13.1. The van der Waals surface area contributed by atoms with E-state index < -0.39 is 21.8 Å². The average Bonchev–Trinajstić information content (AvgIpc) is 3.42. The zero-order chi connectivity index (χ0) is 23.8. The zero-order valence-electron chi connectivity index (χ0n) is 18.4. The maximum absolute atomic E-state index is 13.1. The standard InChI is InChI=1S/C24H23N3O5S/c1-16-23(21(28)14-17-7-4-8-18(13-17)22-11-6-12-32-22)24(29)27(25-16)19-9-5-10-20(15-19)33(30,31)26(2)3/h4-13,15,23H,14H2,1-3H3. The van der Waals surface area contributed by atoms with Crippen LogP contribution in [-0.4, -0.2) is 44.2 Å². The first-order valence-electron chi connectivity index (χ1n) is 10.3. The van der Waals surface area contributed by atoms with Gasteiger partial charge < -0.3 is 4.42 Å². The van der Waals surface area contributed by atoms with Crippen LogP contribution in [0.4, 0.5) is 5.69 Å². The highest BCUT2D eigenvalue weighted by atomic mass is 32.2. The Labute approximate surface area is 192 Å². The molecule has 0 fully saturated rings. The Morgan fingerprint density at radius 2 is 1.85 bits per heavy atom. The van der Waals surface area contributed by atoms with Gasteiger partial charge in [0.25, 0.3) is 5.91 Å². The highest BCUT2D eigenvalue weighted by molar-refractivity contribution is 7.89. The molecule has 0 N–H and O–H groups in total. The van der Waals surface area contributed by atoms with Gasteiger partial charge in [0.1, 0.15) is 11.7 Å². The molecule has 170 valence electrons. The molecule has 2 aromatic carbocycles. The number of rotatable bonds is 7. The molecule has 2 heterocycles. The van der Waals surface area contributed by atoms with Crippen molar-refractivity contribution in [3.8, 4) is 11.3 Å². The van der Waals surface area contributed by atoms with Gasteiger partial charge in [-0.25, -0.2) is 12.7 Å². The number of Topliss-reactive ketones (excluding diaryl/α,β-unsaturated/α-hetero) is 1. The van der Waals surface area contributed by atoms with Gasteiger partial charge in [-0.3, -0.25) is 9.59 Å². The second kappa shape index (κ2) is 8.76. The lowest BCUT2D eigenvalue weighted by Gasteiger charge is -2.16. The van der Waals surface area contributed by atoms with Crippen molar-refractivity contribution >= 4 is 33.1 Å². The first-order chi connectivity index (χ1) is 15.7. The van der Waals surface area contributed by atoms with E-state index in [2.05, 4.69) is 5.10 Å². The molecule has 8 nitrogen and oxygen atoms in total. The molecule has 0 saturated heterocycles. The van der Waals surface area contributed by atoms with E-state index in [1.54, 1.807) is 31.4 Å². The summed E-state index contributed by atoms with van der Waals surface area (Å²) >= 11 is 0. The molecule has 0 aliphatic carbocycles. The number of carbonyl (C=O) groups excluding carboxylic acids is 2. The van der Waals surface area contributed by atoms with E-state index in [-0.39, 0.29) is 22.8 Å². The number of anilines is 1. The summed E-state index contributed by atoms with van der Waals surface area (Å²) < 4.78 is 31.4. The van der Waals surface area contributed by atoms with Gasteiger partial charge in [-0.05, 0) is 48.9 Å². The van der Waals surface area contributed by atoms with Crippen LogP contribution in [0.3, 0.4) is 0 Å². The Hall–Kier alpha value is -3.56. The van der Waals surface area contributed by atoms with Crippen LogP contribution in [0.1, 0.15) is 12.5 Å². The quantitative estimate of drug-likeness (QED) is 0.498. The van der Waals surface area contributed by atoms with Gasteiger partial charge in [0, 0.05) is 26.1 Å². The summed E-state index contributed by atoms with van der Waals surface area (Å²) in [4.78, 5) is 26.2. The maximum Gasteiger partial charge on any atom is 0.263 e. The molecule has 1 aliphatic rings. The Bertz CT molecular complexity index is 1340. The van der Waals surface area contributed by atoms with Gasteiger partial charge in [-0.2, -0.15) is 10.1 Å². The summed E-state index contributed by atoms with van der Waals surface area (Å²) in [5.41, 5.74) is 2.26. The van der Waals surface area contributed by atoms with Crippen molar-refractivity contribution in [2.75, 3.05) is 19.1 Å². The molecule has 1 aromatic heterocycles. The highest BCUT2D eigenvalue weighted by Crippen LogP contribution is 2.28. The molecule has 1 unspecified atom stereocenters. The third kappa shape index (κ3) is 4.37. The number of hydrogen-bond acceptors (Lipinski definition) is 6. The minimum absolute atomic E-state index is 0.0372. The van der Waals surface area contributed by atoms with Gasteiger partial charge >= 0.3 is 0 Å². The summed E-state index contributed by atoms with van der Waals surface area (Å²) in [6.07, 6.45) is 1.64. The van der Waals surface area contributed by atoms with Crippen molar-refractivity contribution in [2.45, 2.75) is 18.2 Å². The molecule has 0 bridgehead atoms. The van der Waals surface area contributed by atoms with Gasteiger partial charge in [0.05, 0.1) is 22.6 Å². The Morgan fingerprint density at radius 1 is 1.09 bits per heavy atom. The van der Waals surface area contributed by atoms with Crippen LogP contribution in [0.25, 0.3) is 11.3 Å². The number of carbonyl (C=O) groups is 2. The lowest BCUT2D eigenvalue weighted by atomic mass is 9.93.